The summed E-state index contributed by atoms with van der Waals surface area (Å²) in [5.74, 6) is 1.83. The number of ketones is 1. The number of carbonyl (C=O) groups is 1. The van der Waals surface area contributed by atoms with Gasteiger partial charge in [-0.15, -0.1) is 0 Å². The van der Waals surface area contributed by atoms with E-state index in [1.54, 1.807) is 0 Å². The van der Waals surface area contributed by atoms with Crippen LogP contribution in [0.1, 0.15) is 60.4 Å². The quantitative estimate of drug-likeness (QED) is 0.767. The maximum Gasteiger partial charge on any atom is 0.231 e. The fraction of sp³-hybridized carbons (Fsp3) is 0.375. The molecule has 0 bridgehead atoms. The van der Waals surface area contributed by atoms with Crippen LogP contribution in [0.25, 0.3) is 5.57 Å². The highest BCUT2D eigenvalue weighted by molar-refractivity contribution is 6.08. The zero-order valence-electron chi connectivity index (χ0n) is 15.8. The SMILES string of the molecule is O=C1CCCC2=C1C(c1ccc3c(c1)OCO3)Nc1ccc3c(c12)CCCC3. The molecule has 0 spiro atoms. The third kappa shape index (κ3) is 2.33. The summed E-state index contributed by atoms with van der Waals surface area (Å²) >= 11 is 0. The van der Waals surface area contributed by atoms with Crippen molar-refractivity contribution in [3.8, 4) is 11.5 Å². The van der Waals surface area contributed by atoms with E-state index in [9.17, 15) is 4.79 Å². The summed E-state index contributed by atoms with van der Waals surface area (Å²) in [7, 11) is 0. The Labute approximate surface area is 164 Å². The van der Waals surface area contributed by atoms with Crippen molar-refractivity contribution in [1.29, 1.82) is 0 Å². The number of aryl methyl sites for hydroxylation is 1. The predicted octanol–water partition coefficient (Wildman–Crippen LogP) is 4.97. The number of allylic oxidation sites excluding steroid dienone is 1. The highest BCUT2D eigenvalue weighted by Crippen LogP contribution is 2.49. The van der Waals surface area contributed by atoms with Gasteiger partial charge >= 0.3 is 0 Å². The number of Topliss-reactive ketones (excluding diaryl/α,β-unsaturated/α-hetero) is 1. The molecule has 28 heavy (non-hydrogen) atoms. The van der Waals surface area contributed by atoms with Crippen molar-refractivity contribution >= 4 is 17.0 Å². The lowest BCUT2D eigenvalue weighted by atomic mass is 9.74. The Morgan fingerprint density at radius 1 is 0.893 bits per heavy atom. The van der Waals surface area contributed by atoms with Crippen LogP contribution in [0.4, 0.5) is 5.69 Å². The molecule has 0 aromatic heterocycles. The van der Waals surface area contributed by atoms with Gasteiger partial charge in [0.1, 0.15) is 0 Å². The number of hydrogen-bond donors (Lipinski definition) is 1. The molecule has 1 unspecified atom stereocenters. The van der Waals surface area contributed by atoms with E-state index in [4.69, 9.17) is 9.47 Å². The minimum absolute atomic E-state index is 0.119. The molecule has 1 N–H and O–H groups in total. The molecule has 2 aliphatic heterocycles. The van der Waals surface area contributed by atoms with Crippen LogP contribution < -0.4 is 14.8 Å². The number of hydrogen-bond acceptors (Lipinski definition) is 4. The number of ether oxygens (including phenoxy) is 2. The minimum Gasteiger partial charge on any atom is -0.454 e. The monoisotopic (exact) mass is 373 g/mol. The molecule has 4 nitrogen and oxygen atoms in total. The van der Waals surface area contributed by atoms with Crippen molar-refractivity contribution in [3.63, 3.8) is 0 Å². The van der Waals surface area contributed by atoms with Crippen LogP contribution in [0.5, 0.6) is 11.5 Å². The van der Waals surface area contributed by atoms with Crippen LogP contribution >= 0.6 is 0 Å². The minimum atomic E-state index is -0.119. The summed E-state index contributed by atoms with van der Waals surface area (Å²) < 4.78 is 11.1. The van der Waals surface area contributed by atoms with E-state index >= 15 is 0 Å². The van der Waals surface area contributed by atoms with Crippen molar-refractivity contribution in [2.45, 2.75) is 51.0 Å². The van der Waals surface area contributed by atoms with Gasteiger partial charge in [-0.05, 0) is 79.0 Å². The Balaban J connectivity index is 1.54. The lowest BCUT2D eigenvalue weighted by molar-refractivity contribution is -0.116. The number of nitrogens with one attached hydrogen (secondary N) is 1. The van der Waals surface area contributed by atoms with Gasteiger partial charge in [0, 0.05) is 23.2 Å². The molecule has 1 atom stereocenters. The van der Waals surface area contributed by atoms with Crippen molar-refractivity contribution in [2.75, 3.05) is 12.1 Å². The normalized spacial score (nSPS) is 22.3. The van der Waals surface area contributed by atoms with Crippen LogP contribution in [0, 0.1) is 0 Å². The number of anilines is 1. The van der Waals surface area contributed by atoms with Gasteiger partial charge in [0.25, 0.3) is 0 Å². The lowest BCUT2D eigenvalue weighted by Crippen LogP contribution is -2.28. The van der Waals surface area contributed by atoms with Gasteiger partial charge in [0.05, 0.1) is 6.04 Å². The standard InChI is InChI=1S/C24H23NO3/c26-19-7-3-6-17-22-16-5-2-1-4-14(16)8-10-18(22)25-24(23(17)19)15-9-11-20-21(12-15)28-13-27-20/h8-12,24-25H,1-7,13H2. The van der Waals surface area contributed by atoms with Crippen molar-refractivity contribution in [2.24, 2.45) is 0 Å². The molecular formula is C24H23NO3. The van der Waals surface area contributed by atoms with E-state index in [1.165, 1.54) is 40.8 Å². The van der Waals surface area contributed by atoms with E-state index in [1.807, 2.05) is 12.1 Å². The third-order valence-electron chi connectivity index (χ3n) is 6.61. The van der Waals surface area contributed by atoms with Crippen molar-refractivity contribution in [1.82, 2.24) is 0 Å². The molecule has 2 heterocycles. The second-order valence-electron chi connectivity index (χ2n) is 8.19. The Kier molecular flexibility index (Phi) is 3.55. The van der Waals surface area contributed by atoms with Crippen LogP contribution in [0.15, 0.2) is 35.9 Å². The first-order chi connectivity index (χ1) is 13.8. The summed E-state index contributed by atoms with van der Waals surface area (Å²) in [5.41, 5.74) is 8.77. The first-order valence-electron chi connectivity index (χ1n) is 10.4. The Hall–Kier alpha value is -2.75. The summed E-state index contributed by atoms with van der Waals surface area (Å²) in [6, 6.07) is 10.4. The number of fused-ring (bicyclic) bond motifs is 5. The molecular weight excluding hydrogens is 350 g/mol. The summed E-state index contributed by atoms with van der Waals surface area (Å²) in [6.07, 6.45) is 7.38. The van der Waals surface area contributed by atoms with Crippen LogP contribution in [-0.4, -0.2) is 12.6 Å². The third-order valence-corrected chi connectivity index (χ3v) is 6.61. The average molecular weight is 373 g/mol. The van der Waals surface area contributed by atoms with Crippen LogP contribution in [-0.2, 0) is 17.6 Å². The Bertz CT molecular complexity index is 1040. The summed E-state index contributed by atoms with van der Waals surface area (Å²) in [5, 5.41) is 3.71. The zero-order valence-corrected chi connectivity index (χ0v) is 15.8. The number of carbonyl (C=O) groups excluding carboxylic acids is 1. The summed E-state index contributed by atoms with van der Waals surface area (Å²) in [4.78, 5) is 13.1. The maximum absolute atomic E-state index is 13.1. The smallest absolute Gasteiger partial charge is 0.231 e. The van der Waals surface area contributed by atoms with Gasteiger partial charge in [0.15, 0.2) is 17.3 Å². The zero-order chi connectivity index (χ0) is 18.7. The van der Waals surface area contributed by atoms with E-state index in [0.29, 0.717) is 6.42 Å². The largest absolute Gasteiger partial charge is 0.454 e. The Morgan fingerprint density at radius 3 is 2.75 bits per heavy atom. The first kappa shape index (κ1) is 16.2. The second-order valence-corrected chi connectivity index (χ2v) is 8.19. The molecule has 0 fully saturated rings. The second kappa shape index (κ2) is 6.13. The fourth-order valence-electron chi connectivity index (χ4n) is 5.32. The molecule has 0 saturated carbocycles. The molecule has 2 aromatic rings. The first-order valence-corrected chi connectivity index (χ1v) is 10.4. The van der Waals surface area contributed by atoms with Crippen LogP contribution in [0.3, 0.4) is 0 Å². The molecule has 4 aliphatic rings. The van der Waals surface area contributed by atoms with Crippen molar-refractivity contribution in [3.05, 3.63) is 58.2 Å². The number of benzene rings is 2. The van der Waals surface area contributed by atoms with Crippen LogP contribution in [0.2, 0.25) is 0 Å². The van der Waals surface area contributed by atoms with Gasteiger partial charge in [0.2, 0.25) is 6.79 Å². The molecule has 142 valence electrons. The Morgan fingerprint density at radius 2 is 1.79 bits per heavy atom. The predicted molar refractivity (Wildman–Crippen MR) is 108 cm³/mol. The molecule has 4 heteroatoms. The average Bonchev–Trinajstić information content (AvgIpc) is 3.21. The summed E-state index contributed by atoms with van der Waals surface area (Å²) in [6.45, 7) is 0.263. The van der Waals surface area contributed by atoms with Gasteiger partial charge in [-0.1, -0.05) is 12.1 Å². The molecule has 6 rings (SSSR count). The van der Waals surface area contributed by atoms with Crippen molar-refractivity contribution < 1.29 is 14.3 Å². The molecule has 2 aromatic carbocycles. The van der Waals surface area contributed by atoms with E-state index < -0.39 is 0 Å². The van der Waals surface area contributed by atoms with Gasteiger partial charge in [-0.3, -0.25) is 4.79 Å². The van der Waals surface area contributed by atoms with Gasteiger partial charge in [-0.25, -0.2) is 0 Å². The van der Waals surface area contributed by atoms with Gasteiger partial charge in [-0.2, -0.15) is 0 Å². The lowest BCUT2D eigenvalue weighted by Gasteiger charge is -2.36. The van der Waals surface area contributed by atoms with Gasteiger partial charge < -0.3 is 14.8 Å². The molecule has 2 aliphatic carbocycles. The highest BCUT2D eigenvalue weighted by atomic mass is 16.7. The topological polar surface area (TPSA) is 47.6 Å². The molecule has 0 saturated heterocycles. The fourth-order valence-corrected chi connectivity index (χ4v) is 5.32. The van der Waals surface area contributed by atoms with E-state index in [2.05, 4.69) is 23.5 Å². The molecule has 0 amide bonds. The van der Waals surface area contributed by atoms with E-state index in [-0.39, 0.29) is 18.6 Å². The molecule has 0 radical (unpaired) electrons. The number of rotatable bonds is 1. The maximum atomic E-state index is 13.1. The highest BCUT2D eigenvalue weighted by Gasteiger charge is 2.36. The van der Waals surface area contributed by atoms with E-state index in [0.717, 1.165) is 48.3 Å².